The number of rotatable bonds is 17. The molecule has 0 unspecified atom stereocenters. The number of benzene rings is 2. The van der Waals surface area contributed by atoms with Gasteiger partial charge >= 0.3 is 29.8 Å². The minimum absolute atomic E-state index is 0.0489. The zero-order valence-corrected chi connectivity index (χ0v) is 36.3. The number of aromatic hydroxyl groups is 3. The van der Waals surface area contributed by atoms with E-state index in [1.54, 1.807) is 0 Å². The summed E-state index contributed by atoms with van der Waals surface area (Å²) in [5.74, 6) is -5.51. The Balaban J connectivity index is 1.59. The molecule has 0 saturated carbocycles. The Morgan fingerprint density at radius 2 is 1.20 bits per heavy atom. The predicted molar refractivity (Wildman–Crippen MR) is 216 cm³/mol. The number of phenolic OH excluding ortho intramolecular Hbond substituents is 3. The standard InChI is InChI=1S/C43H54O23/c1-19-35(59-20(2)45)37(60-21(3)46)40(62-23(5)48)43(58-19)66-38-36(65-31(52)13-9-24-6-10-26(49)11-7-24)30(18-57-41-34(55)33(54)32(53)29(17-44)63-41)64-42(39(38)61-22(4)47)56-15-14-25-8-12-27(50)28(51)16-25/h6-13,16,19,29-30,32-44,49-51,53-55H,14-15,17-18H2,1-5H3/t19-,29+,30+,32+,33-,34+,35-,36+,37+,38-,39+,40+,41+,42+,43-/m0/s1. The van der Waals surface area contributed by atoms with E-state index in [0.29, 0.717) is 11.1 Å². The molecule has 3 heterocycles. The molecule has 23 nitrogen and oxygen atoms in total. The van der Waals surface area contributed by atoms with Gasteiger partial charge in [-0.1, -0.05) is 18.2 Å². The Morgan fingerprint density at radius 3 is 1.80 bits per heavy atom. The van der Waals surface area contributed by atoms with Gasteiger partial charge in [-0.2, -0.15) is 0 Å². The molecular formula is C43H54O23. The zero-order valence-electron chi connectivity index (χ0n) is 36.3. The molecule has 15 atom stereocenters. The lowest BCUT2D eigenvalue weighted by Gasteiger charge is -2.49. The van der Waals surface area contributed by atoms with E-state index >= 15 is 0 Å². The van der Waals surface area contributed by atoms with E-state index in [2.05, 4.69) is 0 Å². The summed E-state index contributed by atoms with van der Waals surface area (Å²) < 4.78 is 64.7. The Kier molecular flexibility index (Phi) is 18.2. The molecule has 0 aromatic heterocycles. The Morgan fingerprint density at radius 1 is 0.606 bits per heavy atom. The number of aliphatic hydroxyl groups excluding tert-OH is 4. The molecule has 3 aliphatic heterocycles. The van der Waals surface area contributed by atoms with E-state index in [-0.39, 0.29) is 24.5 Å². The monoisotopic (exact) mass is 938 g/mol. The molecule has 3 saturated heterocycles. The lowest BCUT2D eigenvalue weighted by Crippen LogP contribution is -2.67. The molecule has 66 heavy (non-hydrogen) atoms. The van der Waals surface area contributed by atoms with Gasteiger partial charge in [0.25, 0.3) is 0 Å². The van der Waals surface area contributed by atoms with Gasteiger partial charge in [0.2, 0.25) is 0 Å². The fourth-order valence-corrected chi connectivity index (χ4v) is 7.33. The van der Waals surface area contributed by atoms with Crippen LogP contribution in [0.25, 0.3) is 6.08 Å². The number of hydrogen-bond acceptors (Lipinski definition) is 23. The maximum Gasteiger partial charge on any atom is 0.331 e. The topological polar surface area (TPSA) is 328 Å². The Hall–Kier alpha value is -5.47. The third kappa shape index (κ3) is 13.6. The largest absolute Gasteiger partial charge is 0.508 e. The normalized spacial score (nSPS) is 32.2. The van der Waals surface area contributed by atoms with Gasteiger partial charge in [0, 0.05) is 33.8 Å². The van der Waals surface area contributed by atoms with E-state index < -0.39 is 141 Å². The second-order valence-electron chi connectivity index (χ2n) is 15.5. The van der Waals surface area contributed by atoms with Crippen LogP contribution in [0.5, 0.6) is 17.2 Å². The second kappa shape index (κ2) is 23.3. The van der Waals surface area contributed by atoms with Crippen molar-refractivity contribution in [3.8, 4) is 17.2 Å². The van der Waals surface area contributed by atoms with Crippen molar-refractivity contribution in [3.63, 3.8) is 0 Å². The molecule has 0 bridgehead atoms. The molecule has 0 radical (unpaired) electrons. The Labute approximate surface area is 377 Å². The highest BCUT2D eigenvalue weighted by Gasteiger charge is 2.57. The minimum atomic E-state index is -1.90. The molecule has 7 N–H and O–H groups in total. The SMILES string of the molecule is CC(=O)O[C@@H]1[C@@H](OC(C)=O)[C@H](C)O[C@@H](O[C@@H]2[C@@H](OC(C)=O)[C@H](OCCc3ccc(O)c(O)c3)O[C@H](CO[C@@H]3O[C@H](CO)[C@@H](O)[C@H](O)[C@H]3O)[C@H]2OC(=O)C=Cc2ccc(O)cc2)[C@@H]1OC(C)=O. The molecule has 2 aromatic rings. The van der Waals surface area contributed by atoms with Crippen molar-refractivity contribution in [2.45, 2.75) is 133 Å². The number of ether oxygens (including phenoxy) is 11. The van der Waals surface area contributed by atoms with Crippen LogP contribution in [0.3, 0.4) is 0 Å². The van der Waals surface area contributed by atoms with Crippen LogP contribution in [-0.4, -0.2) is 178 Å². The first-order chi connectivity index (χ1) is 31.3. The number of aliphatic hydroxyl groups is 4. The van der Waals surface area contributed by atoms with Crippen molar-refractivity contribution in [2.24, 2.45) is 0 Å². The number of carbonyl (C=O) groups excluding carboxylic acids is 5. The third-order valence-corrected chi connectivity index (χ3v) is 10.4. The quantitative estimate of drug-likeness (QED) is 0.0450. The average molecular weight is 939 g/mol. The van der Waals surface area contributed by atoms with Crippen molar-refractivity contribution in [1.82, 2.24) is 0 Å². The summed E-state index contributed by atoms with van der Waals surface area (Å²) >= 11 is 0. The van der Waals surface area contributed by atoms with Crippen molar-refractivity contribution in [1.29, 1.82) is 0 Å². The van der Waals surface area contributed by atoms with E-state index in [1.807, 2.05) is 0 Å². The minimum Gasteiger partial charge on any atom is -0.508 e. The highest BCUT2D eigenvalue weighted by Crippen LogP contribution is 2.36. The van der Waals surface area contributed by atoms with E-state index in [9.17, 15) is 59.7 Å². The number of carbonyl (C=O) groups is 5. The smallest absolute Gasteiger partial charge is 0.331 e. The molecule has 2 aromatic carbocycles. The highest BCUT2D eigenvalue weighted by atomic mass is 16.8. The number of esters is 5. The molecule has 3 aliphatic rings. The van der Waals surface area contributed by atoms with Crippen LogP contribution in [0, 0.1) is 0 Å². The lowest BCUT2D eigenvalue weighted by molar-refractivity contribution is -0.365. The van der Waals surface area contributed by atoms with E-state index in [4.69, 9.17) is 52.1 Å². The number of hydrogen-bond donors (Lipinski definition) is 7. The van der Waals surface area contributed by atoms with Crippen molar-refractivity contribution in [2.75, 3.05) is 19.8 Å². The summed E-state index contributed by atoms with van der Waals surface area (Å²) in [6.45, 7) is 3.82. The van der Waals surface area contributed by atoms with Gasteiger partial charge in [-0.15, -0.1) is 0 Å². The molecule has 364 valence electrons. The van der Waals surface area contributed by atoms with Gasteiger partial charge in [-0.05, 0) is 54.8 Å². The van der Waals surface area contributed by atoms with Gasteiger partial charge in [0.1, 0.15) is 42.4 Å². The molecule has 0 aliphatic carbocycles. The fraction of sp³-hybridized carbons (Fsp3) is 0.558. The van der Waals surface area contributed by atoms with Gasteiger partial charge < -0.3 is 87.9 Å². The van der Waals surface area contributed by atoms with Crippen molar-refractivity contribution < 1.29 is 112 Å². The van der Waals surface area contributed by atoms with Crippen LogP contribution in [-0.2, 0) is 82.5 Å². The van der Waals surface area contributed by atoms with Crippen LogP contribution in [0.15, 0.2) is 48.5 Å². The fourth-order valence-electron chi connectivity index (χ4n) is 7.33. The zero-order chi connectivity index (χ0) is 48.4. The molecule has 23 heteroatoms. The van der Waals surface area contributed by atoms with Crippen LogP contribution in [0.4, 0.5) is 0 Å². The summed E-state index contributed by atoms with van der Waals surface area (Å²) in [6.07, 6.45) is -22.5. The van der Waals surface area contributed by atoms with E-state index in [0.717, 1.165) is 33.8 Å². The molecular weight excluding hydrogens is 884 g/mol. The third-order valence-electron chi connectivity index (χ3n) is 10.4. The Bertz CT molecular complexity index is 2010. The molecule has 0 spiro atoms. The highest BCUT2D eigenvalue weighted by molar-refractivity contribution is 5.87. The second-order valence-corrected chi connectivity index (χ2v) is 15.5. The van der Waals surface area contributed by atoms with Crippen LogP contribution in [0.2, 0.25) is 0 Å². The number of phenols is 3. The van der Waals surface area contributed by atoms with E-state index in [1.165, 1.54) is 55.5 Å². The summed E-state index contributed by atoms with van der Waals surface area (Å²) in [5, 5.41) is 71.1. The maximum atomic E-state index is 13.8. The molecule has 5 rings (SSSR count). The first-order valence-electron chi connectivity index (χ1n) is 20.6. The average Bonchev–Trinajstić information content (AvgIpc) is 3.24. The first-order valence-corrected chi connectivity index (χ1v) is 20.6. The van der Waals surface area contributed by atoms with Gasteiger partial charge in [0.05, 0.1) is 25.9 Å². The van der Waals surface area contributed by atoms with Crippen LogP contribution < -0.4 is 0 Å². The summed E-state index contributed by atoms with van der Waals surface area (Å²) in [5.41, 5.74) is 0.918. The predicted octanol–water partition coefficient (Wildman–Crippen LogP) is -0.614. The molecule has 0 amide bonds. The van der Waals surface area contributed by atoms with Crippen LogP contribution >= 0.6 is 0 Å². The lowest BCUT2D eigenvalue weighted by atomic mass is 9.96. The van der Waals surface area contributed by atoms with Gasteiger partial charge in [-0.25, -0.2) is 4.79 Å². The summed E-state index contributed by atoms with van der Waals surface area (Å²) in [6, 6.07) is 9.72. The maximum absolute atomic E-state index is 13.8. The first kappa shape index (κ1) is 51.5. The van der Waals surface area contributed by atoms with Crippen molar-refractivity contribution in [3.05, 3.63) is 59.7 Å². The summed E-state index contributed by atoms with van der Waals surface area (Å²) in [7, 11) is 0. The van der Waals surface area contributed by atoms with Gasteiger partial charge in [-0.3, -0.25) is 19.2 Å². The van der Waals surface area contributed by atoms with Gasteiger partial charge in [0.15, 0.2) is 60.9 Å². The van der Waals surface area contributed by atoms with Crippen LogP contribution in [0.1, 0.15) is 45.7 Å². The molecule has 3 fully saturated rings. The van der Waals surface area contributed by atoms with Crippen molar-refractivity contribution >= 4 is 35.9 Å². The summed E-state index contributed by atoms with van der Waals surface area (Å²) in [4.78, 5) is 64.0.